The number of ether oxygens (including phenoxy) is 1. The molecule has 2 heterocycles. The molecule has 1 aliphatic rings. The number of thioether (sulfide) groups is 1. The summed E-state index contributed by atoms with van der Waals surface area (Å²) in [5.41, 5.74) is 3.98. The summed E-state index contributed by atoms with van der Waals surface area (Å²) in [6.45, 7) is 0. The number of nitrogens with one attached hydrogen (secondary N) is 2. The van der Waals surface area contributed by atoms with E-state index in [0.29, 0.717) is 11.3 Å². The van der Waals surface area contributed by atoms with E-state index in [1.807, 2.05) is 12.1 Å². The summed E-state index contributed by atoms with van der Waals surface area (Å²) in [5.74, 6) is 0.177. The predicted molar refractivity (Wildman–Crippen MR) is 78.7 cm³/mol. The van der Waals surface area contributed by atoms with Gasteiger partial charge in [0.2, 0.25) is 0 Å². The highest BCUT2D eigenvalue weighted by Gasteiger charge is 2.24. The van der Waals surface area contributed by atoms with Gasteiger partial charge in [-0.15, -0.1) is 0 Å². The number of benzene rings is 1. The van der Waals surface area contributed by atoms with E-state index in [1.54, 1.807) is 48.9 Å². The zero-order chi connectivity index (χ0) is 14.8. The highest BCUT2D eigenvalue weighted by Crippen LogP contribution is 2.46. The number of pyridine rings is 1. The maximum atomic E-state index is 11.4. The fraction of sp³-hybridized carbons (Fsp3) is 0.143. The van der Waals surface area contributed by atoms with Crippen LogP contribution < -0.4 is 15.5 Å². The Labute approximate surface area is 125 Å². The van der Waals surface area contributed by atoms with Crippen molar-refractivity contribution in [1.82, 2.24) is 10.5 Å². The Balaban J connectivity index is 1.85. The quantitative estimate of drug-likeness (QED) is 0.596. The largest absolute Gasteiger partial charge is 0.495 e. The van der Waals surface area contributed by atoms with E-state index in [1.165, 1.54) is 0 Å². The van der Waals surface area contributed by atoms with Crippen LogP contribution in [0.5, 0.6) is 5.75 Å². The number of rotatable bonds is 3. The molecule has 108 valence electrons. The van der Waals surface area contributed by atoms with Crippen molar-refractivity contribution in [3.05, 3.63) is 47.8 Å². The molecule has 1 aliphatic heterocycles. The fourth-order valence-corrected chi connectivity index (χ4v) is 3.24. The lowest BCUT2D eigenvalue weighted by molar-refractivity contribution is 0.0706. The molecule has 0 fully saturated rings. The van der Waals surface area contributed by atoms with Gasteiger partial charge in [-0.05, 0) is 24.3 Å². The molecule has 1 aromatic carbocycles. The van der Waals surface area contributed by atoms with Gasteiger partial charge < -0.3 is 10.1 Å². The van der Waals surface area contributed by atoms with Crippen LogP contribution in [0.15, 0.2) is 41.6 Å². The average molecular weight is 303 g/mol. The summed E-state index contributed by atoms with van der Waals surface area (Å²) in [6, 6.07) is 7.14. The molecule has 1 atom stereocenters. The van der Waals surface area contributed by atoms with Crippen LogP contribution in [0, 0.1) is 0 Å². The zero-order valence-electron chi connectivity index (χ0n) is 11.2. The number of hydroxylamine groups is 1. The van der Waals surface area contributed by atoms with Crippen molar-refractivity contribution in [1.29, 1.82) is 0 Å². The van der Waals surface area contributed by atoms with E-state index in [4.69, 9.17) is 9.94 Å². The Morgan fingerprint density at radius 1 is 1.43 bits per heavy atom. The molecule has 3 N–H and O–H groups in total. The van der Waals surface area contributed by atoms with E-state index in [2.05, 4.69) is 10.3 Å². The van der Waals surface area contributed by atoms with Crippen LogP contribution >= 0.6 is 11.8 Å². The third-order valence-electron chi connectivity index (χ3n) is 3.15. The van der Waals surface area contributed by atoms with Gasteiger partial charge in [0.25, 0.3) is 5.91 Å². The van der Waals surface area contributed by atoms with E-state index < -0.39 is 5.91 Å². The highest BCUT2D eigenvalue weighted by atomic mass is 32.2. The van der Waals surface area contributed by atoms with Gasteiger partial charge in [-0.1, -0.05) is 11.8 Å². The van der Waals surface area contributed by atoms with Crippen LogP contribution in [0.25, 0.3) is 0 Å². The van der Waals surface area contributed by atoms with Crippen LogP contribution in [-0.2, 0) is 0 Å². The van der Waals surface area contributed by atoms with Crippen molar-refractivity contribution in [2.75, 3.05) is 12.4 Å². The molecule has 0 spiro atoms. The molecular formula is C14H13N3O3S. The van der Waals surface area contributed by atoms with Crippen molar-refractivity contribution in [2.24, 2.45) is 0 Å². The molecule has 1 aromatic heterocycles. The van der Waals surface area contributed by atoms with Crippen LogP contribution in [0.4, 0.5) is 5.69 Å². The second-order valence-corrected chi connectivity index (χ2v) is 5.60. The van der Waals surface area contributed by atoms with E-state index >= 15 is 0 Å². The van der Waals surface area contributed by atoms with E-state index in [9.17, 15) is 4.79 Å². The summed E-state index contributed by atoms with van der Waals surface area (Å²) in [6.07, 6.45) is 3.43. The number of amides is 1. The number of methoxy groups -OCH3 is 1. The predicted octanol–water partition coefficient (Wildman–Crippen LogP) is 2.43. The molecule has 7 heteroatoms. The first-order valence-corrected chi connectivity index (χ1v) is 7.10. The van der Waals surface area contributed by atoms with Gasteiger partial charge in [0.15, 0.2) is 0 Å². The minimum absolute atomic E-state index is 0.00929. The second kappa shape index (κ2) is 5.63. The number of anilines is 1. The van der Waals surface area contributed by atoms with Crippen molar-refractivity contribution < 1.29 is 14.7 Å². The molecule has 0 bridgehead atoms. The molecule has 1 unspecified atom stereocenters. The zero-order valence-corrected chi connectivity index (χ0v) is 12.0. The minimum atomic E-state index is -0.523. The van der Waals surface area contributed by atoms with Gasteiger partial charge in [0.05, 0.1) is 13.3 Å². The number of carbonyl (C=O) groups is 1. The van der Waals surface area contributed by atoms with Gasteiger partial charge >= 0.3 is 0 Å². The van der Waals surface area contributed by atoms with E-state index in [0.717, 1.165) is 16.1 Å². The summed E-state index contributed by atoms with van der Waals surface area (Å²) in [4.78, 5) is 16.5. The number of fused-ring (bicyclic) bond motifs is 1. The SMILES string of the molecule is COc1cncc(C2Nc3ccc(C(=O)NO)cc3S2)c1. The Bertz CT molecular complexity index is 693. The maximum absolute atomic E-state index is 11.4. The van der Waals surface area contributed by atoms with Gasteiger partial charge in [0.1, 0.15) is 11.1 Å². The summed E-state index contributed by atoms with van der Waals surface area (Å²) >= 11 is 1.58. The molecule has 0 saturated carbocycles. The highest BCUT2D eigenvalue weighted by molar-refractivity contribution is 8.00. The van der Waals surface area contributed by atoms with Crippen LogP contribution in [0.3, 0.4) is 0 Å². The first-order chi connectivity index (χ1) is 10.2. The Hall–Kier alpha value is -2.25. The van der Waals surface area contributed by atoms with E-state index in [-0.39, 0.29) is 5.37 Å². The van der Waals surface area contributed by atoms with Crippen molar-refractivity contribution >= 4 is 23.4 Å². The molecular weight excluding hydrogens is 290 g/mol. The number of nitrogens with zero attached hydrogens (tertiary/aromatic N) is 1. The topological polar surface area (TPSA) is 83.5 Å². The van der Waals surface area contributed by atoms with Crippen LogP contribution in [-0.4, -0.2) is 23.2 Å². The van der Waals surface area contributed by atoms with Crippen molar-refractivity contribution in [3.63, 3.8) is 0 Å². The van der Waals surface area contributed by atoms with Gasteiger partial charge in [-0.2, -0.15) is 0 Å². The third kappa shape index (κ3) is 2.65. The molecule has 1 amide bonds. The number of hydrogen-bond donors (Lipinski definition) is 3. The number of carbonyl (C=O) groups excluding carboxylic acids is 1. The van der Waals surface area contributed by atoms with Crippen LogP contribution in [0.1, 0.15) is 21.3 Å². The van der Waals surface area contributed by atoms with Gasteiger partial charge in [-0.25, -0.2) is 5.48 Å². The molecule has 0 saturated heterocycles. The lowest BCUT2D eigenvalue weighted by Crippen LogP contribution is -2.18. The minimum Gasteiger partial charge on any atom is -0.495 e. The second-order valence-electron chi connectivity index (χ2n) is 4.45. The summed E-state index contributed by atoms with van der Waals surface area (Å²) in [7, 11) is 1.60. The molecule has 3 rings (SSSR count). The third-order valence-corrected chi connectivity index (χ3v) is 4.37. The fourth-order valence-electron chi connectivity index (χ4n) is 2.08. The molecule has 0 aliphatic carbocycles. The Kier molecular flexibility index (Phi) is 3.68. The molecule has 21 heavy (non-hydrogen) atoms. The number of hydrogen-bond acceptors (Lipinski definition) is 6. The summed E-state index contributed by atoms with van der Waals surface area (Å²) < 4.78 is 5.18. The lowest BCUT2D eigenvalue weighted by atomic mass is 10.2. The van der Waals surface area contributed by atoms with Crippen molar-refractivity contribution in [2.45, 2.75) is 10.3 Å². The Morgan fingerprint density at radius 2 is 2.29 bits per heavy atom. The standard InChI is InChI=1S/C14H13N3O3S/c1-20-10-4-9(6-15-7-10)14-16-11-3-2-8(13(18)17-19)5-12(11)21-14/h2-7,14,16,19H,1H3,(H,17,18). The first kappa shape index (κ1) is 13.7. The van der Waals surface area contributed by atoms with Gasteiger partial charge in [-0.3, -0.25) is 15.0 Å². The number of aromatic nitrogens is 1. The van der Waals surface area contributed by atoms with Crippen LogP contribution in [0.2, 0.25) is 0 Å². The normalized spacial score (nSPS) is 16.0. The molecule has 2 aromatic rings. The first-order valence-electron chi connectivity index (χ1n) is 6.22. The van der Waals surface area contributed by atoms with Gasteiger partial charge in [0, 0.05) is 27.9 Å². The monoisotopic (exact) mass is 303 g/mol. The van der Waals surface area contributed by atoms with Crippen molar-refractivity contribution in [3.8, 4) is 5.75 Å². The Morgan fingerprint density at radius 3 is 3.05 bits per heavy atom. The summed E-state index contributed by atoms with van der Waals surface area (Å²) in [5, 5.41) is 12.0. The maximum Gasteiger partial charge on any atom is 0.274 e. The smallest absolute Gasteiger partial charge is 0.274 e. The lowest BCUT2D eigenvalue weighted by Gasteiger charge is -2.11. The molecule has 0 radical (unpaired) electrons. The molecule has 6 nitrogen and oxygen atoms in total. The average Bonchev–Trinajstić information content (AvgIpc) is 2.97.